The lowest BCUT2D eigenvalue weighted by Crippen LogP contribution is -2.42. The molecule has 8 heteroatoms. The molecule has 166 valence electrons. The van der Waals surface area contributed by atoms with Crippen molar-refractivity contribution in [2.24, 2.45) is 11.3 Å². The molecule has 0 saturated carbocycles. The number of carbonyl (C=O) groups excluding carboxylic acids is 1. The molecule has 2 aliphatic heterocycles. The van der Waals surface area contributed by atoms with Gasteiger partial charge in [0.2, 0.25) is 15.9 Å². The number of halogens is 1. The first-order valence-electron chi connectivity index (χ1n) is 10.6. The second-order valence-electron chi connectivity index (χ2n) is 8.32. The quantitative estimate of drug-likeness (QED) is 0.763. The molecule has 1 N–H and O–H groups in total. The third kappa shape index (κ3) is 4.37. The van der Waals surface area contributed by atoms with Gasteiger partial charge in [-0.1, -0.05) is 25.1 Å². The Morgan fingerprint density at radius 1 is 1.19 bits per heavy atom. The fourth-order valence-electron chi connectivity index (χ4n) is 4.59. The summed E-state index contributed by atoms with van der Waals surface area (Å²) in [6.07, 6.45) is 2.04. The van der Waals surface area contributed by atoms with Crippen LogP contribution in [0, 0.1) is 17.2 Å². The monoisotopic (exact) mass is 446 g/mol. The van der Waals surface area contributed by atoms with Gasteiger partial charge in [0.05, 0.1) is 10.8 Å². The van der Waals surface area contributed by atoms with E-state index in [1.807, 2.05) is 19.1 Å². The summed E-state index contributed by atoms with van der Waals surface area (Å²) in [5, 5.41) is 2.78. The van der Waals surface area contributed by atoms with Gasteiger partial charge in [0.25, 0.3) is 0 Å². The number of hydrogen-bond acceptors (Lipinski definition) is 4. The van der Waals surface area contributed by atoms with Crippen LogP contribution in [0.25, 0.3) is 0 Å². The first-order chi connectivity index (χ1) is 14.8. The van der Waals surface area contributed by atoms with Crippen molar-refractivity contribution in [3.8, 4) is 0 Å². The number of hydrogen-bond donors (Lipinski definition) is 1. The van der Waals surface area contributed by atoms with E-state index in [0.29, 0.717) is 31.7 Å². The van der Waals surface area contributed by atoms with Crippen molar-refractivity contribution in [2.75, 3.05) is 31.6 Å². The predicted octanol–water partition coefficient (Wildman–Crippen LogP) is 3.44. The molecule has 2 aromatic carbocycles. The number of rotatable bonds is 5. The van der Waals surface area contributed by atoms with Crippen molar-refractivity contribution >= 4 is 21.6 Å². The Hall–Kier alpha value is -2.29. The number of anilines is 1. The molecule has 0 radical (unpaired) electrons. The normalized spacial score (nSPS) is 21.3. The summed E-state index contributed by atoms with van der Waals surface area (Å²) >= 11 is 0. The Labute approximate surface area is 182 Å². The zero-order valence-electron chi connectivity index (χ0n) is 17.5. The lowest BCUT2D eigenvalue weighted by atomic mass is 9.72. The molecule has 2 aliphatic rings. The molecule has 1 amide bonds. The second-order valence-corrected chi connectivity index (χ2v) is 10.3. The van der Waals surface area contributed by atoms with Crippen molar-refractivity contribution in [1.82, 2.24) is 4.31 Å². The Bertz CT molecular complexity index is 1050. The van der Waals surface area contributed by atoms with Crippen LogP contribution in [0.15, 0.2) is 53.4 Å². The minimum atomic E-state index is -3.73. The van der Waals surface area contributed by atoms with Crippen LogP contribution in [0.1, 0.15) is 25.3 Å². The van der Waals surface area contributed by atoms with Crippen LogP contribution in [0.4, 0.5) is 10.1 Å². The number of carbonyl (C=O) groups is 1. The van der Waals surface area contributed by atoms with E-state index in [-0.39, 0.29) is 23.9 Å². The van der Waals surface area contributed by atoms with E-state index in [2.05, 4.69) is 5.32 Å². The van der Waals surface area contributed by atoms with E-state index in [0.717, 1.165) is 12.0 Å². The number of sulfonamides is 1. The van der Waals surface area contributed by atoms with Gasteiger partial charge in [0.15, 0.2) is 0 Å². The van der Waals surface area contributed by atoms with E-state index in [4.69, 9.17) is 4.74 Å². The lowest BCUT2D eigenvalue weighted by molar-refractivity contribution is -0.124. The summed E-state index contributed by atoms with van der Waals surface area (Å²) < 4.78 is 47.2. The standard InChI is InChI=1S/C23H27FN2O4S/c1-2-17-6-8-20(9-7-17)31(28,29)26-15-21(23(16-26)10-12-30-13-11-23)22(27)25-19-5-3-4-18(24)14-19/h3-9,14,21H,2,10-13,15-16H2,1H3,(H,25,27). The molecule has 31 heavy (non-hydrogen) atoms. The molecule has 0 aliphatic carbocycles. The average Bonchev–Trinajstić information content (AvgIpc) is 3.14. The minimum Gasteiger partial charge on any atom is -0.381 e. The summed E-state index contributed by atoms with van der Waals surface area (Å²) in [6.45, 7) is 3.36. The molecule has 2 heterocycles. The third-order valence-corrected chi connectivity index (χ3v) is 8.31. The topological polar surface area (TPSA) is 75.7 Å². The van der Waals surface area contributed by atoms with Crippen LogP contribution < -0.4 is 5.32 Å². The highest BCUT2D eigenvalue weighted by Crippen LogP contribution is 2.46. The summed E-state index contributed by atoms with van der Waals surface area (Å²) in [5.41, 5.74) is 0.934. The van der Waals surface area contributed by atoms with Crippen molar-refractivity contribution < 1.29 is 22.3 Å². The smallest absolute Gasteiger partial charge is 0.243 e. The zero-order valence-corrected chi connectivity index (χ0v) is 18.3. The van der Waals surface area contributed by atoms with Gasteiger partial charge in [-0.15, -0.1) is 0 Å². The lowest BCUT2D eigenvalue weighted by Gasteiger charge is -2.37. The Morgan fingerprint density at radius 2 is 1.90 bits per heavy atom. The van der Waals surface area contributed by atoms with Gasteiger partial charge >= 0.3 is 0 Å². The summed E-state index contributed by atoms with van der Waals surface area (Å²) in [6, 6.07) is 12.6. The number of nitrogens with zero attached hydrogens (tertiary/aromatic N) is 1. The van der Waals surface area contributed by atoms with Crippen molar-refractivity contribution in [3.63, 3.8) is 0 Å². The molecule has 2 fully saturated rings. The molecular formula is C23H27FN2O4S. The predicted molar refractivity (Wildman–Crippen MR) is 116 cm³/mol. The summed E-state index contributed by atoms with van der Waals surface area (Å²) in [5.74, 6) is -1.26. The zero-order chi connectivity index (χ0) is 22.1. The fourth-order valence-corrected chi connectivity index (χ4v) is 6.14. The van der Waals surface area contributed by atoms with Gasteiger partial charge in [-0.05, 0) is 55.2 Å². The van der Waals surface area contributed by atoms with Gasteiger partial charge in [0, 0.05) is 37.4 Å². The molecule has 4 rings (SSSR count). The van der Waals surface area contributed by atoms with Crippen LogP contribution in [-0.4, -0.2) is 44.9 Å². The highest BCUT2D eigenvalue weighted by atomic mass is 32.2. The molecule has 0 aromatic heterocycles. The van der Waals surface area contributed by atoms with E-state index >= 15 is 0 Å². The van der Waals surface area contributed by atoms with Crippen LogP contribution in [0.5, 0.6) is 0 Å². The first-order valence-corrected chi connectivity index (χ1v) is 12.0. The molecule has 1 atom stereocenters. The molecule has 2 saturated heterocycles. The molecule has 0 bridgehead atoms. The van der Waals surface area contributed by atoms with E-state index in [9.17, 15) is 17.6 Å². The maximum Gasteiger partial charge on any atom is 0.243 e. The minimum absolute atomic E-state index is 0.0962. The molecule has 1 spiro atoms. The van der Waals surface area contributed by atoms with Gasteiger partial charge in [-0.3, -0.25) is 4.79 Å². The van der Waals surface area contributed by atoms with Crippen molar-refractivity contribution in [1.29, 1.82) is 0 Å². The number of aryl methyl sites for hydroxylation is 1. The van der Waals surface area contributed by atoms with Gasteiger partial charge < -0.3 is 10.1 Å². The molecule has 2 aromatic rings. The number of ether oxygens (including phenoxy) is 1. The van der Waals surface area contributed by atoms with E-state index in [1.165, 1.54) is 22.5 Å². The average molecular weight is 447 g/mol. The number of nitrogens with one attached hydrogen (secondary N) is 1. The SMILES string of the molecule is CCc1ccc(S(=O)(=O)N2CC(C(=O)Nc3cccc(F)c3)C3(CCOCC3)C2)cc1. The Morgan fingerprint density at radius 3 is 2.55 bits per heavy atom. The highest BCUT2D eigenvalue weighted by molar-refractivity contribution is 7.89. The van der Waals surface area contributed by atoms with Crippen LogP contribution in [-0.2, 0) is 26.0 Å². The van der Waals surface area contributed by atoms with Gasteiger partial charge in [-0.2, -0.15) is 4.31 Å². The Balaban J connectivity index is 1.61. The largest absolute Gasteiger partial charge is 0.381 e. The van der Waals surface area contributed by atoms with Crippen LogP contribution in [0.3, 0.4) is 0 Å². The number of amides is 1. The number of benzene rings is 2. The molecule has 6 nitrogen and oxygen atoms in total. The van der Waals surface area contributed by atoms with Crippen molar-refractivity contribution in [2.45, 2.75) is 31.1 Å². The van der Waals surface area contributed by atoms with E-state index in [1.54, 1.807) is 18.2 Å². The third-order valence-electron chi connectivity index (χ3n) is 6.48. The highest BCUT2D eigenvalue weighted by Gasteiger charge is 2.53. The van der Waals surface area contributed by atoms with Crippen molar-refractivity contribution in [3.05, 3.63) is 59.9 Å². The van der Waals surface area contributed by atoms with Crippen LogP contribution in [0.2, 0.25) is 0 Å². The second kappa shape index (κ2) is 8.68. The fraction of sp³-hybridized carbons (Fsp3) is 0.435. The van der Waals surface area contributed by atoms with Crippen LogP contribution >= 0.6 is 0 Å². The summed E-state index contributed by atoms with van der Waals surface area (Å²) in [7, 11) is -3.73. The summed E-state index contributed by atoms with van der Waals surface area (Å²) in [4.78, 5) is 13.4. The Kier molecular flexibility index (Phi) is 6.14. The van der Waals surface area contributed by atoms with Gasteiger partial charge in [0.1, 0.15) is 5.82 Å². The molecule has 1 unspecified atom stereocenters. The van der Waals surface area contributed by atoms with Gasteiger partial charge in [-0.25, -0.2) is 12.8 Å². The maximum atomic E-state index is 13.5. The molecular weight excluding hydrogens is 419 g/mol. The maximum absolute atomic E-state index is 13.5. The first kappa shape index (κ1) is 21.9. The van der Waals surface area contributed by atoms with E-state index < -0.39 is 27.2 Å².